The second-order valence-corrected chi connectivity index (χ2v) is 6.03. The van der Waals surface area contributed by atoms with Gasteiger partial charge in [0.15, 0.2) is 0 Å². The maximum absolute atomic E-state index is 5.70. The summed E-state index contributed by atoms with van der Waals surface area (Å²) in [5.74, 6) is 0. The Bertz CT molecular complexity index is 581. The van der Waals surface area contributed by atoms with E-state index >= 15 is 0 Å². The third-order valence-electron chi connectivity index (χ3n) is 3.61. The van der Waals surface area contributed by atoms with E-state index in [1.165, 1.54) is 22.4 Å². The first-order valence-corrected chi connectivity index (χ1v) is 7.64. The standard InChI is InChI=1S/C17H21BrN2/c1-13-6-7-16(18)11-15(13)8-9-20(2)17-5-3-4-14(10-17)12-19/h3-7,10-11H,8-9,12,19H2,1-2H3. The summed E-state index contributed by atoms with van der Waals surface area (Å²) < 4.78 is 1.14. The topological polar surface area (TPSA) is 29.3 Å². The first kappa shape index (κ1) is 15.1. The molecule has 0 spiro atoms. The van der Waals surface area contributed by atoms with Gasteiger partial charge >= 0.3 is 0 Å². The van der Waals surface area contributed by atoms with E-state index in [4.69, 9.17) is 5.73 Å². The van der Waals surface area contributed by atoms with Crippen LogP contribution < -0.4 is 10.6 Å². The van der Waals surface area contributed by atoms with Crippen molar-refractivity contribution in [1.82, 2.24) is 0 Å². The Morgan fingerprint density at radius 1 is 1.15 bits per heavy atom. The van der Waals surface area contributed by atoms with Crippen LogP contribution in [0.2, 0.25) is 0 Å². The van der Waals surface area contributed by atoms with Crippen LogP contribution >= 0.6 is 15.9 Å². The van der Waals surface area contributed by atoms with Gasteiger partial charge in [0, 0.05) is 30.3 Å². The summed E-state index contributed by atoms with van der Waals surface area (Å²) in [6.45, 7) is 3.74. The fraction of sp³-hybridized carbons (Fsp3) is 0.294. The zero-order valence-electron chi connectivity index (χ0n) is 12.1. The Morgan fingerprint density at radius 3 is 2.70 bits per heavy atom. The van der Waals surface area contributed by atoms with Crippen LogP contribution in [-0.4, -0.2) is 13.6 Å². The Hall–Kier alpha value is -1.32. The van der Waals surface area contributed by atoms with Gasteiger partial charge in [0.25, 0.3) is 0 Å². The second kappa shape index (κ2) is 6.91. The number of benzene rings is 2. The van der Waals surface area contributed by atoms with Crippen molar-refractivity contribution in [2.75, 3.05) is 18.5 Å². The van der Waals surface area contributed by atoms with Crippen LogP contribution in [0.1, 0.15) is 16.7 Å². The number of anilines is 1. The molecule has 0 bridgehead atoms. The lowest BCUT2D eigenvalue weighted by atomic mass is 10.1. The lowest BCUT2D eigenvalue weighted by Crippen LogP contribution is -2.20. The summed E-state index contributed by atoms with van der Waals surface area (Å²) in [5, 5.41) is 0. The zero-order valence-corrected chi connectivity index (χ0v) is 13.7. The molecule has 0 aromatic heterocycles. The predicted molar refractivity (Wildman–Crippen MR) is 90.2 cm³/mol. The third kappa shape index (κ3) is 3.84. The van der Waals surface area contributed by atoms with Gasteiger partial charge in [-0.25, -0.2) is 0 Å². The van der Waals surface area contributed by atoms with E-state index in [2.05, 4.69) is 77.3 Å². The highest BCUT2D eigenvalue weighted by Gasteiger charge is 2.04. The largest absolute Gasteiger partial charge is 0.374 e. The molecule has 0 saturated carbocycles. The highest BCUT2D eigenvalue weighted by molar-refractivity contribution is 9.10. The molecule has 0 aliphatic rings. The minimum Gasteiger partial charge on any atom is -0.374 e. The SMILES string of the molecule is Cc1ccc(Br)cc1CCN(C)c1cccc(CN)c1. The van der Waals surface area contributed by atoms with Crippen LogP contribution in [0, 0.1) is 6.92 Å². The van der Waals surface area contributed by atoms with Gasteiger partial charge in [-0.15, -0.1) is 0 Å². The van der Waals surface area contributed by atoms with Crippen molar-refractivity contribution < 1.29 is 0 Å². The van der Waals surface area contributed by atoms with Crippen molar-refractivity contribution in [3.8, 4) is 0 Å². The quantitative estimate of drug-likeness (QED) is 0.899. The molecule has 0 aliphatic carbocycles. The zero-order chi connectivity index (χ0) is 14.5. The summed E-state index contributed by atoms with van der Waals surface area (Å²) >= 11 is 3.54. The number of nitrogens with two attached hydrogens (primary N) is 1. The average molecular weight is 333 g/mol. The molecule has 20 heavy (non-hydrogen) atoms. The smallest absolute Gasteiger partial charge is 0.0366 e. The van der Waals surface area contributed by atoms with Crippen LogP contribution in [0.5, 0.6) is 0 Å². The van der Waals surface area contributed by atoms with Gasteiger partial charge in [-0.05, 0) is 54.3 Å². The second-order valence-electron chi connectivity index (χ2n) is 5.12. The lowest BCUT2D eigenvalue weighted by Gasteiger charge is -2.20. The van der Waals surface area contributed by atoms with Crippen LogP contribution in [-0.2, 0) is 13.0 Å². The van der Waals surface area contributed by atoms with E-state index in [-0.39, 0.29) is 0 Å². The molecule has 0 unspecified atom stereocenters. The number of aryl methyl sites for hydroxylation is 1. The molecule has 0 amide bonds. The van der Waals surface area contributed by atoms with Gasteiger partial charge in [-0.2, -0.15) is 0 Å². The van der Waals surface area contributed by atoms with E-state index in [0.29, 0.717) is 6.54 Å². The molecular formula is C17H21BrN2. The molecular weight excluding hydrogens is 312 g/mol. The molecule has 0 atom stereocenters. The third-order valence-corrected chi connectivity index (χ3v) is 4.11. The van der Waals surface area contributed by atoms with Crippen LogP contribution in [0.4, 0.5) is 5.69 Å². The van der Waals surface area contributed by atoms with Gasteiger partial charge in [-0.3, -0.25) is 0 Å². The Morgan fingerprint density at radius 2 is 1.95 bits per heavy atom. The number of halogens is 1. The van der Waals surface area contributed by atoms with Gasteiger partial charge < -0.3 is 10.6 Å². The van der Waals surface area contributed by atoms with Crippen LogP contribution in [0.3, 0.4) is 0 Å². The molecule has 0 fully saturated rings. The molecule has 2 rings (SSSR count). The van der Waals surface area contributed by atoms with Gasteiger partial charge in [0.1, 0.15) is 0 Å². The minimum absolute atomic E-state index is 0.590. The maximum Gasteiger partial charge on any atom is 0.0366 e. The highest BCUT2D eigenvalue weighted by Crippen LogP contribution is 2.19. The molecule has 0 saturated heterocycles. The summed E-state index contributed by atoms with van der Waals surface area (Å²) in [6, 6.07) is 14.9. The monoisotopic (exact) mass is 332 g/mol. The fourth-order valence-corrected chi connectivity index (χ4v) is 2.66. The van der Waals surface area contributed by atoms with E-state index in [9.17, 15) is 0 Å². The van der Waals surface area contributed by atoms with Crippen molar-refractivity contribution in [3.63, 3.8) is 0 Å². The number of hydrogen-bond acceptors (Lipinski definition) is 2. The van der Waals surface area contributed by atoms with Crippen molar-refractivity contribution in [3.05, 3.63) is 63.6 Å². The van der Waals surface area contributed by atoms with Crippen LogP contribution in [0.15, 0.2) is 46.9 Å². The van der Waals surface area contributed by atoms with Gasteiger partial charge in [0.2, 0.25) is 0 Å². The van der Waals surface area contributed by atoms with Gasteiger partial charge in [-0.1, -0.05) is 34.1 Å². The molecule has 2 N–H and O–H groups in total. The highest BCUT2D eigenvalue weighted by atomic mass is 79.9. The first-order valence-electron chi connectivity index (χ1n) is 6.85. The van der Waals surface area contributed by atoms with Crippen molar-refractivity contribution in [2.24, 2.45) is 5.73 Å². The van der Waals surface area contributed by atoms with Crippen molar-refractivity contribution in [1.29, 1.82) is 0 Å². The first-order chi connectivity index (χ1) is 9.60. The minimum atomic E-state index is 0.590. The summed E-state index contributed by atoms with van der Waals surface area (Å²) in [7, 11) is 2.13. The van der Waals surface area contributed by atoms with E-state index < -0.39 is 0 Å². The molecule has 106 valence electrons. The molecule has 2 aromatic carbocycles. The molecule has 2 aromatic rings. The van der Waals surface area contributed by atoms with Gasteiger partial charge in [0.05, 0.1) is 0 Å². The molecule has 3 heteroatoms. The molecule has 0 aliphatic heterocycles. The predicted octanol–water partition coefficient (Wildman–Crippen LogP) is 3.90. The summed E-state index contributed by atoms with van der Waals surface area (Å²) in [5.41, 5.74) is 10.8. The normalized spacial score (nSPS) is 10.6. The van der Waals surface area contributed by atoms with Crippen molar-refractivity contribution >= 4 is 21.6 Å². The molecule has 0 radical (unpaired) electrons. The van der Waals surface area contributed by atoms with E-state index in [1.54, 1.807) is 0 Å². The Labute approximate surface area is 129 Å². The number of hydrogen-bond donors (Lipinski definition) is 1. The Balaban J connectivity index is 2.04. The summed E-state index contributed by atoms with van der Waals surface area (Å²) in [6.07, 6.45) is 1.04. The lowest BCUT2D eigenvalue weighted by molar-refractivity contribution is 0.869. The Kier molecular flexibility index (Phi) is 5.21. The van der Waals surface area contributed by atoms with Crippen molar-refractivity contribution in [2.45, 2.75) is 19.9 Å². The molecule has 0 heterocycles. The van der Waals surface area contributed by atoms with E-state index in [1.807, 2.05) is 0 Å². The number of likely N-dealkylation sites (N-methyl/N-ethyl adjacent to an activating group) is 1. The number of nitrogens with zero attached hydrogens (tertiary/aromatic N) is 1. The van der Waals surface area contributed by atoms with E-state index in [0.717, 1.165) is 17.4 Å². The maximum atomic E-state index is 5.70. The number of rotatable bonds is 5. The summed E-state index contributed by atoms with van der Waals surface area (Å²) in [4.78, 5) is 2.28. The average Bonchev–Trinajstić information content (AvgIpc) is 2.48. The molecule has 2 nitrogen and oxygen atoms in total. The fourth-order valence-electron chi connectivity index (χ4n) is 2.25. The van der Waals surface area contributed by atoms with Crippen LogP contribution in [0.25, 0.3) is 0 Å².